The second kappa shape index (κ2) is 6.93. The van der Waals surface area contributed by atoms with E-state index >= 15 is 0 Å². The standard InChI is InChI=1S/C14H14N6O2S/c1-8-13(22)20(16)14(19-18-8)23-9(2)12(21)17-11-6-4-3-5-10(11)7-15/h3-6,9H,16H2,1-2H3,(H,17,21)/t9-/m0/s1. The number of nitrogens with zero attached hydrogens (tertiary/aromatic N) is 4. The molecule has 9 heteroatoms. The van der Waals surface area contributed by atoms with Gasteiger partial charge in [0.1, 0.15) is 11.8 Å². The number of thioether (sulfide) groups is 1. The Morgan fingerprint density at radius 2 is 2.13 bits per heavy atom. The summed E-state index contributed by atoms with van der Waals surface area (Å²) >= 11 is 1.00. The van der Waals surface area contributed by atoms with Crippen LogP contribution in [0.25, 0.3) is 0 Å². The first-order valence-electron chi connectivity index (χ1n) is 6.62. The summed E-state index contributed by atoms with van der Waals surface area (Å²) in [7, 11) is 0. The fourth-order valence-corrected chi connectivity index (χ4v) is 2.45. The van der Waals surface area contributed by atoms with Crippen molar-refractivity contribution in [2.45, 2.75) is 24.3 Å². The van der Waals surface area contributed by atoms with Crippen molar-refractivity contribution in [2.24, 2.45) is 0 Å². The number of amides is 1. The third-order valence-corrected chi connectivity index (χ3v) is 4.03. The molecule has 8 nitrogen and oxygen atoms in total. The van der Waals surface area contributed by atoms with E-state index in [4.69, 9.17) is 11.1 Å². The molecule has 118 valence electrons. The molecule has 0 radical (unpaired) electrons. The number of hydrogen-bond donors (Lipinski definition) is 2. The molecule has 0 saturated heterocycles. The summed E-state index contributed by atoms with van der Waals surface area (Å²) in [6.07, 6.45) is 0. The average molecular weight is 330 g/mol. The van der Waals surface area contributed by atoms with E-state index in [-0.39, 0.29) is 16.8 Å². The molecule has 3 N–H and O–H groups in total. The summed E-state index contributed by atoms with van der Waals surface area (Å²) in [5, 5.41) is 18.8. The lowest BCUT2D eigenvalue weighted by Gasteiger charge is -2.13. The predicted octanol–water partition coefficient (Wildman–Crippen LogP) is 0.651. The van der Waals surface area contributed by atoms with Gasteiger partial charge in [-0.25, -0.2) is 0 Å². The number of nitrogens with one attached hydrogen (secondary N) is 1. The fourth-order valence-electron chi connectivity index (χ4n) is 1.69. The van der Waals surface area contributed by atoms with Gasteiger partial charge < -0.3 is 11.2 Å². The third-order valence-electron chi connectivity index (χ3n) is 2.98. The van der Waals surface area contributed by atoms with Crippen LogP contribution in [0.4, 0.5) is 5.69 Å². The molecule has 0 bridgehead atoms. The number of aryl methyl sites for hydroxylation is 1. The highest BCUT2D eigenvalue weighted by Crippen LogP contribution is 2.21. The van der Waals surface area contributed by atoms with Gasteiger partial charge in [-0.15, -0.1) is 10.2 Å². The van der Waals surface area contributed by atoms with E-state index in [1.165, 1.54) is 6.92 Å². The zero-order chi connectivity index (χ0) is 17.0. The van der Waals surface area contributed by atoms with Gasteiger partial charge in [-0.1, -0.05) is 23.9 Å². The summed E-state index contributed by atoms with van der Waals surface area (Å²) in [5.74, 6) is 5.30. The molecule has 0 spiro atoms. The minimum Gasteiger partial charge on any atom is -0.334 e. The number of rotatable bonds is 4. The topological polar surface area (TPSA) is 127 Å². The van der Waals surface area contributed by atoms with Crippen molar-refractivity contribution in [3.8, 4) is 6.07 Å². The van der Waals surface area contributed by atoms with Crippen LogP contribution in [0.1, 0.15) is 18.2 Å². The van der Waals surface area contributed by atoms with Crippen molar-refractivity contribution in [2.75, 3.05) is 11.2 Å². The zero-order valence-corrected chi connectivity index (χ0v) is 13.3. The Hall–Kier alpha value is -2.86. The molecule has 0 aliphatic carbocycles. The molecule has 0 aliphatic rings. The molecule has 1 heterocycles. The first kappa shape index (κ1) is 16.5. The Morgan fingerprint density at radius 3 is 2.83 bits per heavy atom. The maximum Gasteiger partial charge on any atom is 0.294 e. The van der Waals surface area contributed by atoms with Crippen molar-refractivity contribution in [1.29, 1.82) is 5.26 Å². The third kappa shape index (κ3) is 3.67. The van der Waals surface area contributed by atoms with Crippen molar-refractivity contribution >= 4 is 23.4 Å². The molecule has 0 unspecified atom stereocenters. The smallest absolute Gasteiger partial charge is 0.294 e. The molecule has 1 aromatic carbocycles. The molecule has 0 saturated carbocycles. The zero-order valence-electron chi connectivity index (χ0n) is 12.5. The quantitative estimate of drug-likeness (QED) is 0.622. The lowest BCUT2D eigenvalue weighted by atomic mass is 10.2. The predicted molar refractivity (Wildman–Crippen MR) is 86.3 cm³/mol. The van der Waals surface area contributed by atoms with Gasteiger partial charge in [0.15, 0.2) is 0 Å². The number of aromatic nitrogens is 3. The summed E-state index contributed by atoms with van der Waals surface area (Å²) in [4.78, 5) is 23.9. The van der Waals surface area contributed by atoms with Gasteiger partial charge in [0.2, 0.25) is 11.1 Å². The monoisotopic (exact) mass is 330 g/mol. The first-order valence-corrected chi connectivity index (χ1v) is 7.50. The molecule has 1 atom stereocenters. The number of para-hydroxylation sites is 1. The van der Waals surface area contributed by atoms with Crippen LogP contribution in [0.5, 0.6) is 0 Å². The number of carbonyl (C=O) groups is 1. The molecule has 1 aromatic heterocycles. The Balaban J connectivity index is 2.14. The van der Waals surface area contributed by atoms with Crippen LogP contribution in [0.2, 0.25) is 0 Å². The summed E-state index contributed by atoms with van der Waals surface area (Å²) in [6.45, 7) is 3.14. The maximum atomic E-state index is 12.2. The number of anilines is 1. The number of nitriles is 1. The second-order valence-electron chi connectivity index (χ2n) is 4.65. The lowest BCUT2D eigenvalue weighted by molar-refractivity contribution is -0.115. The SMILES string of the molecule is Cc1nnc(S[C@@H](C)C(=O)Nc2ccccc2C#N)n(N)c1=O. The average Bonchev–Trinajstić information content (AvgIpc) is 2.55. The number of nitrogen functional groups attached to an aromatic ring is 1. The molecule has 23 heavy (non-hydrogen) atoms. The highest BCUT2D eigenvalue weighted by molar-refractivity contribution is 8.00. The molecular formula is C14H14N6O2S. The highest BCUT2D eigenvalue weighted by atomic mass is 32.2. The summed E-state index contributed by atoms with van der Waals surface area (Å²) in [6, 6.07) is 8.68. The minimum absolute atomic E-state index is 0.136. The van der Waals surface area contributed by atoms with Crippen molar-refractivity contribution in [3.05, 3.63) is 45.9 Å². The van der Waals surface area contributed by atoms with Crippen molar-refractivity contribution in [1.82, 2.24) is 14.9 Å². The Kier molecular flexibility index (Phi) is 4.98. The van der Waals surface area contributed by atoms with Crippen LogP contribution in [0, 0.1) is 18.3 Å². The lowest BCUT2D eigenvalue weighted by Crippen LogP contribution is -2.33. The van der Waals surface area contributed by atoms with Crippen LogP contribution < -0.4 is 16.7 Å². The Bertz CT molecular complexity index is 842. The minimum atomic E-state index is -0.590. The van der Waals surface area contributed by atoms with E-state index in [9.17, 15) is 9.59 Å². The summed E-state index contributed by atoms with van der Waals surface area (Å²) in [5.41, 5.74) is 0.498. The first-order chi connectivity index (χ1) is 10.9. The maximum absolute atomic E-state index is 12.2. The largest absolute Gasteiger partial charge is 0.334 e. The van der Waals surface area contributed by atoms with Gasteiger partial charge in [0, 0.05) is 0 Å². The molecule has 1 amide bonds. The van der Waals surface area contributed by atoms with Crippen LogP contribution in [-0.2, 0) is 4.79 Å². The fraction of sp³-hybridized carbons (Fsp3) is 0.214. The summed E-state index contributed by atoms with van der Waals surface area (Å²) < 4.78 is 0.861. The molecule has 2 aromatic rings. The molecule has 2 rings (SSSR count). The second-order valence-corrected chi connectivity index (χ2v) is 5.96. The number of nitrogens with two attached hydrogens (primary N) is 1. The number of benzene rings is 1. The number of carbonyl (C=O) groups excluding carboxylic acids is 1. The van der Waals surface area contributed by atoms with Gasteiger partial charge in [-0.3, -0.25) is 9.59 Å². The van der Waals surface area contributed by atoms with Gasteiger partial charge >= 0.3 is 0 Å². The Morgan fingerprint density at radius 1 is 1.43 bits per heavy atom. The van der Waals surface area contributed by atoms with Crippen LogP contribution in [-0.4, -0.2) is 26.0 Å². The molecule has 0 aliphatic heterocycles. The van der Waals surface area contributed by atoms with Crippen molar-refractivity contribution < 1.29 is 4.79 Å². The van der Waals surface area contributed by atoms with E-state index < -0.39 is 10.8 Å². The van der Waals surface area contributed by atoms with E-state index in [0.29, 0.717) is 11.3 Å². The van der Waals surface area contributed by atoms with Crippen LogP contribution in [0.15, 0.2) is 34.2 Å². The van der Waals surface area contributed by atoms with Gasteiger partial charge in [0.25, 0.3) is 5.56 Å². The normalized spacial score (nSPS) is 11.5. The van der Waals surface area contributed by atoms with Crippen LogP contribution in [0.3, 0.4) is 0 Å². The number of hydrogen-bond acceptors (Lipinski definition) is 7. The van der Waals surface area contributed by atoms with E-state index in [0.717, 1.165) is 16.4 Å². The van der Waals surface area contributed by atoms with Gasteiger partial charge in [-0.2, -0.15) is 9.94 Å². The highest BCUT2D eigenvalue weighted by Gasteiger charge is 2.19. The van der Waals surface area contributed by atoms with E-state index in [1.807, 2.05) is 6.07 Å². The van der Waals surface area contributed by atoms with E-state index in [1.54, 1.807) is 31.2 Å². The Labute approximate surface area is 136 Å². The van der Waals surface area contributed by atoms with Gasteiger partial charge in [0.05, 0.1) is 16.5 Å². The molecular weight excluding hydrogens is 316 g/mol. The van der Waals surface area contributed by atoms with Crippen molar-refractivity contribution in [3.63, 3.8) is 0 Å². The van der Waals surface area contributed by atoms with E-state index in [2.05, 4.69) is 15.5 Å². The van der Waals surface area contributed by atoms with Gasteiger partial charge in [-0.05, 0) is 26.0 Å². The molecule has 0 fully saturated rings. The van der Waals surface area contributed by atoms with Crippen LogP contribution >= 0.6 is 11.8 Å².